The molecule has 1 atom stereocenters. The third kappa shape index (κ3) is 3.67. The highest BCUT2D eigenvalue weighted by Crippen LogP contribution is 2.33. The minimum Gasteiger partial charge on any atom is -0.340 e. The fourth-order valence-electron chi connectivity index (χ4n) is 4.33. The molecule has 5 rings (SSSR count). The number of fused-ring (bicyclic) bond motifs is 1. The number of anilines is 1. The van der Waals surface area contributed by atoms with Crippen molar-refractivity contribution in [3.8, 4) is 0 Å². The van der Waals surface area contributed by atoms with Crippen LogP contribution in [0.2, 0.25) is 0 Å². The summed E-state index contributed by atoms with van der Waals surface area (Å²) in [7, 11) is 1.93. The zero-order valence-corrected chi connectivity index (χ0v) is 18.7. The van der Waals surface area contributed by atoms with Crippen molar-refractivity contribution in [1.82, 2.24) is 19.4 Å². The molecule has 0 saturated carbocycles. The van der Waals surface area contributed by atoms with Crippen LogP contribution in [-0.4, -0.2) is 37.8 Å². The molecule has 4 aromatic rings. The molecule has 1 fully saturated rings. The van der Waals surface area contributed by atoms with Crippen molar-refractivity contribution < 1.29 is 9.59 Å². The van der Waals surface area contributed by atoms with Gasteiger partial charge in [-0.25, -0.2) is 4.98 Å². The van der Waals surface area contributed by atoms with Gasteiger partial charge in [0.05, 0.1) is 17.3 Å². The Morgan fingerprint density at radius 2 is 2.03 bits per heavy atom. The lowest BCUT2D eigenvalue weighted by Crippen LogP contribution is -2.32. The van der Waals surface area contributed by atoms with Gasteiger partial charge in [-0.1, -0.05) is 11.6 Å². The van der Waals surface area contributed by atoms with Gasteiger partial charge in [0, 0.05) is 42.3 Å². The summed E-state index contributed by atoms with van der Waals surface area (Å²) in [4.78, 5) is 36.4. The molecule has 0 radical (unpaired) electrons. The summed E-state index contributed by atoms with van der Waals surface area (Å²) in [6, 6.07) is 11.7. The molecule has 0 bridgehead atoms. The smallest absolute Gasteiger partial charge is 0.271 e. The van der Waals surface area contributed by atoms with Crippen LogP contribution in [0.5, 0.6) is 0 Å². The number of rotatable bonds is 4. The van der Waals surface area contributed by atoms with E-state index < -0.39 is 0 Å². The molecule has 8 heteroatoms. The van der Waals surface area contributed by atoms with Crippen molar-refractivity contribution in [2.24, 2.45) is 7.05 Å². The third-order valence-corrected chi connectivity index (χ3v) is 6.66. The Bertz CT molecular complexity index is 1290. The highest BCUT2D eigenvalue weighted by Gasteiger charge is 2.33. The Morgan fingerprint density at radius 1 is 1.16 bits per heavy atom. The fraction of sp³-hybridized carbons (Fsp3) is 0.250. The maximum Gasteiger partial charge on any atom is 0.271 e. The maximum atomic E-state index is 13.5. The number of thiazole rings is 1. The van der Waals surface area contributed by atoms with Gasteiger partial charge in [0.1, 0.15) is 5.69 Å². The number of hydrogen-bond donors (Lipinski definition) is 1. The van der Waals surface area contributed by atoms with E-state index in [1.807, 2.05) is 28.6 Å². The zero-order chi connectivity index (χ0) is 22.2. The third-order valence-electron chi connectivity index (χ3n) is 5.97. The van der Waals surface area contributed by atoms with E-state index >= 15 is 0 Å². The molecule has 1 unspecified atom stereocenters. The van der Waals surface area contributed by atoms with Crippen molar-refractivity contribution in [1.29, 1.82) is 0 Å². The van der Waals surface area contributed by atoms with Crippen LogP contribution in [0, 0.1) is 6.92 Å². The highest BCUT2D eigenvalue weighted by atomic mass is 32.1. The van der Waals surface area contributed by atoms with E-state index in [9.17, 15) is 9.59 Å². The second kappa shape index (κ2) is 8.20. The normalized spacial score (nSPS) is 15.9. The first-order valence-corrected chi connectivity index (χ1v) is 11.4. The van der Waals surface area contributed by atoms with Gasteiger partial charge in [-0.05, 0) is 50.1 Å². The zero-order valence-electron chi connectivity index (χ0n) is 17.9. The maximum absolute atomic E-state index is 13.5. The number of nitrogens with zero attached hydrogens (tertiary/aromatic N) is 4. The summed E-state index contributed by atoms with van der Waals surface area (Å²) in [5.74, 6) is -0.236. The second-order valence-corrected chi connectivity index (χ2v) is 8.97. The number of hydrogen-bond acceptors (Lipinski definition) is 5. The number of aromatic nitrogens is 3. The molecule has 4 heterocycles. The van der Waals surface area contributed by atoms with Crippen molar-refractivity contribution >= 4 is 39.2 Å². The summed E-state index contributed by atoms with van der Waals surface area (Å²) in [6.45, 7) is 2.75. The van der Waals surface area contributed by atoms with Gasteiger partial charge in [-0.15, -0.1) is 11.3 Å². The number of amides is 2. The average molecular weight is 446 g/mol. The van der Waals surface area contributed by atoms with E-state index in [1.165, 1.54) is 16.9 Å². The monoisotopic (exact) mass is 445 g/mol. The topological polar surface area (TPSA) is 80.1 Å². The predicted molar refractivity (Wildman–Crippen MR) is 125 cm³/mol. The summed E-state index contributed by atoms with van der Waals surface area (Å²) in [6.07, 6.45) is 4.99. The van der Waals surface area contributed by atoms with Crippen LogP contribution < -0.4 is 5.32 Å². The standard InChI is InChI=1S/C24H23N5O2S/c1-15-5-8-19-17(12-15)13-21(28(19)2)23(31)29-10-3-4-20(29)18-7-6-16(14-26-18)22(30)27-24-25-9-11-32-24/h5-9,11-14,20H,3-4,10H2,1-2H3,(H,25,27,30). The summed E-state index contributed by atoms with van der Waals surface area (Å²) < 4.78 is 1.96. The van der Waals surface area contributed by atoms with Gasteiger partial charge >= 0.3 is 0 Å². The molecule has 1 aliphatic heterocycles. The fourth-order valence-corrected chi connectivity index (χ4v) is 4.85. The minimum atomic E-state index is -0.246. The van der Waals surface area contributed by atoms with Gasteiger partial charge in [0.25, 0.3) is 11.8 Å². The Morgan fingerprint density at radius 3 is 2.78 bits per heavy atom. The van der Waals surface area contributed by atoms with Crippen molar-refractivity contribution in [3.63, 3.8) is 0 Å². The molecule has 32 heavy (non-hydrogen) atoms. The van der Waals surface area contributed by atoms with Gasteiger partial charge in [-0.2, -0.15) is 0 Å². The Hall–Kier alpha value is -3.52. The molecule has 1 aliphatic rings. The van der Waals surface area contributed by atoms with E-state index in [-0.39, 0.29) is 17.9 Å². The molecule has 2 amide bonds. The Labute approximate surface area is 189 Å². The molecule has 1 saturated heterocycles. The van der Waals surface area contributed by atoms with Crippen LogP contribution in [0.25, 0.3) is 10.9 Å². The second-order valence-electron chi connectivity index (χ2n) is 8.07. The van der Waals surface area contributed by atoms with E-state index in [0.717, 1.165) is 29.4 Å². The molecular weight excluding hydrogens is 422 g/mol. The van der Waals surface area contributed by atoms with E-state index in [1.54, 1.807) is 23.8 Å². The number of benzene rings is 1. The SMILES string of the molecule is Cc1ccc2c(c1)cc(C(=O)N1CCCC1c1ccc(C(=O)Nc3nccs3)cn1)n2C. The molecule has 7 nitrogen and oxygen atoms in total. The van der Waals surface area contributed by atoms with E-state index in [2.05, 4.69) is 40.4 Å². The summed E-state index contributed by atoms with van der Waals surface area (Å²) in [5.41, 5.74) is 4.16. The number of likely N-dealkylation sites (tertiary alicyclic amines) is 1. The van der Waals surface area contributed by atoms with Gasteiger partial charge < -0.3 is 9.47 Å². The van der Waals surface area contributed by atoms with Crippen LogP contribution in [0.3, 0.4) is 0 Å². The van der Waals surface area contributed by atoms with Crippen molar-refractivity contribution in [2.75, 3.05) is 11.9 Å². The lowest BCUT2D eigenvalue weighted by molar-refractivity contribution is 0.0723. The van der Waals surface area contributed by atoms with Crippen LogP contribution in [0.4, 0.5) is 5.13 Å². The first-order valence-electron chi connectivity index (χ1n) is 10.5. The van der Waals surface area contributed by atoms with Crippen molar-refractivity contribution in [3.05, 3.63) is 76.7 Å². The average Bonchev–Trinajstić information content (AvgIpc) is 3.54. The molecule has 0 aliphatic carbocycles. The van der Waals surface area contributed by atoms with Crippen LogP contribution in [0.1, 0.15) is 51.0 Å². The predicted octanol–water partition coefficient (Wildman–Crippen LogP) is 4.57. The first-order chi connectivity index (χ1) is 15.5. The number of carbonyl (C=O) groups is 2. The minimum absolute atomic E-state index is 0.0104. The van der Waals surface area contributed by atoms with Gasteiger partial charge in [0.15, 0.2) is 5.13 Å². The summed E-state index contributed by atoms with van der Waals surface area (Å²) >= 11 is 1.36. The van der Waals surface area contributed by atoms with Crippen LogP contribution in [0.15, 0.2) is 54.2 Å². The Kier molecular flexibility index (Phi) is 5.22. The quantitative estimate of drug-likeness (QED) is 0.499. The summed E-state index contributed by atoms with van der Waals surface area (Å²) in [5, 5.41) is 6.19. The molecule has 1 N–H and O–H groups in total. The molecule has 3 aromatic heterocycles. The molecule has 162 valence electrons. The Balaban J connectivity index is 1.37. The first kappa shape index (κ1) is 20.4. The lowest BCUT2D eigenvalue weighted by atomic mass is 10.1. The molecular formula is C24H23N5O2S. The van der Waals surface area contributed by atoms with Crippen molar-refractivity contribution in [2.45, 2.75) is 25.8 Å². The number of pyridine rings is 1. The molecule has 1 aromatic carbocycles. The van der Waals surface area contributed by atoms with E-state index in [4.69, 9.17) is 0 Å². The molecule has 0 spiro atoms. The highest BCUT2D eigenvalue weighted by molar-refractivity contribution is 7.13. The van der Waals surface area contributed by atoms with Gasteiger partial charge in [0.2, 0.25) is 0 Å². The largest absolute Gasteiger partial charge is 0.340 e. The number of aryl methyl sites for hydroxylation is 2. The lowest BCUT2D eigenvalue weighted by Gasteiger charge is -2.24. The van der Waals surface area contributed by atoms with Crippen LogP contribution in [-0.2, 0) is 7.05 Å². The number of nitrogens with one attached hydrogen (secondary N) is 1. The van der Waals surface area contributed by atoms with Crippen LogP contribution >= 0.6 is 11.3 Å². The van der Waals surface area contributed by atoms with Gasteiger partial charge in [-0.3, -0.25) is 19.9 Å². The number of carbonyl (C=O) groups excluding carboxylic acids is 2. The van der Waals surface area contributed by atoms with E-state index in [0.29, 0.717) is 22.9 Å².